The highest BCUT2D eigenvalue weighted by molar-refractivity contribution is 5.78. The monoisotopic (exact) mass is 336 g/mol. The highest BCUT2D eigenvalue weighted by Crippen LogP contribution is 2.27. The van der Waals surface area contributed by atoms with Gasteiger partial charge in [-0.3, -0.25) is 19.7 Å². The summed E-state index contributed by atoms with van der Waals surface area (Å²) in [6.45, 7) is 5.40. The summed E-state index contributed by atoms with van der Waals surface area (Å²) >= 11 is 0. The third-order valence-electron chi connectivity index (χ3n) is 3.34. The Morgan fingerprint density at radius 3 is 2.54 bits per heavy atom. The van der Waals surface area contributed by atoms with E-state index >= 15 is 0 Å². The third kappa shape index (κ3) is 6.36. The molecule has 0 radical (unpaired) electrons. The summed E-state index contributed by atoms with van der Waals surface area (Å²) in [6, 6.07) is 5.30. The summed E-state index contributed by atoms with van der Waals surface area (Å²) in [6.07, 6.45) is 1.44. The quantitative estimate of drug-likeness (QED) is 0.424. The molecule has 0 fully saturated rings. The standard InChI is InChI=1S/C17H24N2O5/c1-4-5-10-16(20)18-14(11-17(21)24-12(2)3)13-8-6-7-9-15(13)19(22)23/h6-9,12,14H,4-5,10-11H2,1-3H3,(H,18,20). The largest absolute Gasteiger partial charge is 0.463 e. The minimum absolute atomic E-state index is 0.129. The van der Waals surface area contributed by atoms with Gasteiger partial charge in [-0.05, 0) is 20.3 Å². The van der Waals surface area contributed by atoms with Gasteiger partial charge in [0.1, 0.15) is 0 Å². The number of nitro benzene ring substituents is 1. The summed E-state index contributed by atoms with van der Waals surface area (Å²) in [5.74, 6) is -0.749. The van der Waals surface area contributed by atoms with Crippen LogP contribution < -0.4 is 5.32 Å². The zero-order valence-corrected chi connectivity index (χ0v) is 14.3. The first-order chi connectivity index (χ1) is 11.3. The van der Waals surface area contributed by atoms with Crippen LogP contribution in [0.5, 0.6) is 0 Å². The predicted octanol–water partition coefficient (Wildman–Crippen LogP) is 3.28. The number of esters is 1. The molecule has 0 saturated heterocycles. The van der Waals surface area contributed by atoms with E-state index in [1.807, 2.05) is 6.92 Å². The molecule has 0 heterocycles. The number of unbranched alkanes of at least 4 members (excludes halogenated alkanes) is 1. The van der Waals surface area contributed by atoms with Crippen LogP contribution in [0.15, 0.2) is 24.3 Å². The molecule has 1 amide bonds. The van der Waals surface area contributed by atoms with Crippen LogP contribution in [0, 0.1) is 10.1 Å². The van der Waals surface area contributed by atoms with Crippen LogP contribution in [0.3, 0.4) is 0 Å². The van der Waals surface area contributed by atoms with E-state index in [2.05, 4.69) is 5.32 Å². The van der Waals surface area contributed by atoms with Crippen molar-refractivity contribution in [2.45, 2.75) is 58.6 Å². The van der Waals surface area contributed by atoms with Gasteiger partial charge < -0.3 is 10.1 Å². The van der Waals surface area contributed by atoms with Crippen molar-refractivity contribution < 1.29 is 19.2 Å². The van der Waals surface area contributed by atoms with Gasteiger partial charge in [-0.2, -0.15) is 0 Å². The number of amides is 1. The number of hydrogen-bond acceptors (Lipinski definition) is 5. The van der Waals surface area contributed by atoms with Crippen LogP contribution in [0.1, 0.15) is 58.1 Å². The van der Waals surface area contributed by atoms with Crippen LogP contribution in [-0.4, -0.2) is 22.9 Å². The minimum atomic E-state index is -0.790. The molecule has 1 rings (SSSR count). The molecule has 1 N–H and O–H groups in total. The molecule has 0 aliphatic carbocycles. The van der Waals surface area contributed by atoms with Gasteiger partial charge >= 0.3 is 5.97 Å². The number of ether oxygens (including phenoxy) is 1. The van der Waals surface area contributed by atoms with Crippen molar-refractivity contribution in [3.8, 4) is 0 Å². The summed E-state index contributed by atoms with van der Waals surface area (Å²) in [4.78, 5) is 34.7. The molecule has 0 spiro atoms. The Morgan fingerprint density at radius 2 is 1.96 bits per heavy atom. The first-order valence-corrected chi connectivity index (χ1v) is 8.07. The number of rotatable bonds is 9. The van der Waals surface area contributed by atoms with Gasteiger partial charge in [0.25, 0.3) is 5.69 Å². The van der Waals surface area contributed by atoms with Gasteiger partial charge in [0.05, 0.1) is 29.1 Å². The van der Waals surface area contributed by atoms with E-state index < -0.39 is 16.9 Å². The zero-order valence-electron chi connectivity index (χ0n) is 14.3. The maximum Gasteiger partial charge on any atom is 0.308 e. The Bertz CT molecular complexity index is 586. The second-order valence-electron chi connectivity index (χ2n) is 5.78. The molecule has 0 aliphatic heterocycles. The van der Waals surface area contributed by atoms with E-state index in [4.69, 9.17) is 4.74 Å². The van der Waals surface area contributed by atoms with Gasteiger partial charge in [-0.1, -0.05) is 31.5 Å². The fourth-order valence-corrected chi connectivity index (χ4v) is 2.27. The van der Waals surface area contributed by atoms with Crippen LogP contribution in [0.25, 0.3) is 0 Å². The summed E-state index contributed by atoms with van der Waals surface area (Å²) in [5, 5.41) is 13.9. The Balaban J connectivity index is 3.02. The Kier molecular flexibility index (Phi) is 7.88. The van der Waals surface area contributed by atoms with E-state index in [-0.39, 0.29) is 24.1 Å². The average molecular weight is 336 g/mol. The normalized spacial score (nSPS) is 11.8. The maximum absolute atomic E-state index is 12.0. The van der Waals surface area contributed by atoms with Crippen molar-refractivity contribution in [3.63, 3.8) is 0 Å². The number of carbonyl (C=O) groups excluding carboxylic acids is 2. The Labute approximate surface area is 141 Å². The topological polar surface area (TPSA) is 98.5 Å². The second kappa shape index (κ2) is 9.64. The molecule has 132 valence electrons. The summed E-state index contributed by atoms with van der Waals surface area (Å²) in [7, 11) is 0. The second-order valence-corrected chi connectivity index (χ2v) is 5.78. The average Bonchev–Trinajstić information content (AvgIpc) is 2.51. The summed E-state index contributed by atoms with van der Waals surface area (Å²) < 4.78 is 5.11. The van der Waals surface area contributed by atoms with Crippen molar-refractivity contribution in [1.29, 1.82) is 0 Å². The number of hydrogen-bond donors (Lipinski definition) is 1. The van der Waals surface area contributed by atoms with E-state index in [9.17, 15) is 19.7 Å². The molecule has 1 atom stereocenters. The smallest absolute Gasteiger partial charge is 0.308 e. The van der Waals surface area contributed by atoms with Crippen molar-refractivity contribution in [1.82, 2.24) is 5.32 Å². The molecule has 1 aromatic carbocycles. The van der Waals surface area contributed by atoms with Crippen LogP contribution in [0.2, 0.25) is 0 Å². The zero-order chi connectivity index (χ0) is 18.1. The molecule has 0 bridgehead atoms. The van der Waals surface area contributed by atoms with Crippen molar-refractivity contribution >= 4 is 17.6 Å². The highest BCUT2D eigenvalue weighted by Gasteiger charge is 2.26. The number of para-hydroxylation sites is 1. The van der Waals surface area contributed by atoms with Crippen molar-refractivity contribution in [2.75, 3.05) is 0 Å². The van der Waals surface area contributed by atoms with Gasteiger partial charge in [0, 0.05) is 12.5 Å². The Hall–Kier alpha value is -2.44. The van der Waals surface area contributed by atoms with Gasteiger partial charge in [0.2, 0.25) is 5.91 Å². The minimum Gasteiger partial charge on any atom is -0.463 e. The van der Waals surface area contributed by atoms with E-state index in [1.165, 1.54) is 6.07 Å². The van der Waals surface area contributed by atoms with Crippen LogP contribution >= 0.6 is 0 Å². The van der Waals surface area contributed by atoms with Crippen molar-refractivity contribution in [3.05, 3.63) is 39.9 Å². The lowest BCUT2D eigenvalue weighted by Crippen LogP contribution is -2.31. The molecule has 7 nitrogen and oxygen atoms in total. The number of benzene rings is 1. The molecule has 1 aromatic rings. The van der Waals surface area contributed by atoms with Crippen LogP contribution in [-0.2, 0) is 14.3 Å². The first-order valence-electron chi connectivity index (χ1n) is 8.07. The molecular weight excluding hydrogens is 312 g/mol. The van der Waals surface area contributed by atoms with Gasteiger partial charge in [-0.25, -0.2) is 0 Å². The molecular formula is C17H24N2O5. The summed E-state index contributed by atoms with van der Waals surface area (Å²) in [5.41, 5.74) is 0.170. The molecule has 24 heavy (non-hydrogen) atoms. The van der Waals surface area contributed by atoms with Crippen molar-refractivity contribution in [2.24, 2.45) is 0 Å². The molecule has 1 unspecified atom stereocenters. The highest BCUT2D eigenvalue weighted by atomic mass is 16.6. The predicted molar refractivity (Wildman–Crippen MR) is 89.4 cm³/mol. The number of carbonyl (C=O) groups is 2. The van der Waals surface area contributed by atoms with E-state index in [0.29, 0.717) is 18.4 Å². The van der Waals surface area contributed by atoms with Gasteiger partial charge in [0.15, 0.2) is 0 Å². The fourth-order valence-electron chi connectivity index (χ4n) is 2.27. The lowest BCUT2D eigenvalue weighted by molar-refractivity contribution is -0.385. The van der Waals surface area contributed by atoms with Crippen LogP contribution in [0.4, 0.5) is 5.69 Å². The number of nitro groups is 1. The van der Waals surface area contributed by atoms with E-state index in [1.54, 1.807) is 32.0 Å². The number of nitrogens with one attached hydrogen (secondary N) is 1. The number of nitrogens with zero attached hydrogens (tertiary/aromatic N) is 1. The lowest BCUT2D eigenvalue weighted by atomic mass is 10.0. The SMILES string of the molecule is CCCCC(=O)NC(CC(=O)OC(C)C)c1ccccc1[N+](=O)[O-]. The Morgan fingerprint density at radius 1 is 1.29 bits per heavy atom. The lowest BCUT2D eigenvalue weighted by Gasteiger charge is -2.19. The molecule has 7 heteroatoms. The third-order valence-corrected chi connectivity index (χ3v) is 3.34. The van der Waals surface area contributed by atoms with Gasteiger partial charge in [-0.15, -0.1) is 0 Å². The van der Waals surface area contributed by atoms with E-state index in [0.717, 1.165) is 6.42 Å². The first kappa shape index (κ1) is 19.6. The molecule has 0 aromatic heterocycles. The maximum atomic E-state index is 12.0. The fraction of sp³-hybridized carbons (Fsp3) is 0.529. The molecule has 0 aliphatic rings. The molecule has 0 saturated carbocycles.